The summed E-state index contributed by atoms with van der Waals surface area (Å²) in [6, 6.07) is 11.3. The molecular formula is C26H36N4O4. The lowest BCUT2D eigenvalue weighted by atomic mass is 9.92. The minimum atomic E-state index is -0.591. The Labute approximate surface area is 201 Å². The number of anilines is 1. The Morgan fingerprint density at radius 2 is 1.74 bits per heavy atom. The molecule has 34 heavy (non-hydrogen) atoms. The van der Waals surface area contributed by atoms with Crippen LogP contribution in [0.4, 0.5) is 10.5 Å². The molecular weight excluding hydrogens is 432 g/mol. The molecule has 2 amide bonds. The van der Waals surface area contributed by atoms with E-state index in [1.54, 1.807) is 21.3 Å². The highest BCUT2D eigenvalue weighted by molar-refractivity contribution is 6.12. The Morgan fingerprint density at radius 1 is 1.15 bits per heavy atom. The topological polar surface area (TPSA) is 107 Å². The highest BCUT2D eigenvalue weighted by atomic mass is 16.5. The lowest BCUT2D eigenvalue weighted by Crippen LogP contribution is -2.42. The number of carbonyl (C=O) groups excluding carboxylic acids is 1. The number of benzene rings is 2. The van der Waals surface area contributed by atoms with Crippen molar-refractivity contribution in [2.45, 2.75) is 44.8 Å². The van der Waals surface area contributed by atoms with Crippen molar-refractivity contribution in [2.24, 2.45) is 0 Å². The van der Waals surface area contributed by atoms with E-state index in [-0.39, 0.29) is 12.1 Å². The first kappa shape index (κ1) is 25.4. The van der Waals surface area contributed by atoms with E-state index < -0.39 is 5.60 Å². The molecule has 1 unspecified atom stereocenters. The van der Waals surface area contributed by atoms with Gasteiger partial charge >= 0.3 is 6.03 Å². The van der Waals surface area contributed by atoms with Crippen molar-refractivity contribution in [3.63, 3.8) is 0 Å². The van der Waals surface area contributed by atoms with Gasteiger partial charge in [-0.15, -0.1) is 0 Å². The average Bonchev–Trinajstić information content (AvgIpc) is 2.83. The average molecular weight is 469 g/mol. The second kappa shape index (κ2) is 10.8. The molecule has 0 spiro atoms. The molecule has 0 aromatic heterocycles. The maximum Gasteiger partial charge on any atom is 0.314 e. The predicted octanol–water partition coefficient (Wildman–Crippen LogP) is 3.33. The molecule has 1 saturated heterocycles. The van der Waals surface area contributed by atoms with Gasteiger partial charge < -0.3 is 30.1 Å². The van der Waals surface area contributed by atoms with Gasteiger partial charge in [-0.2, -0.15) is 0 Å². The first-order valence-corrected chi connectivity index (χ1v) is 11.6. The van der Waals surface area contributed by atoms with E-state index in [0.717, 1.165) is 48.3 Å². The Bertz CT molecular complexity index is 1010. The predicted molar refractivity (Wildman–Crippen MR) is 135 cm³/mol. The third-order valence-corrected chi connectivity index (χ3v) is 6.37. The van der Waals surface area contributed by atoms with Crippen LogP contribution in [0.5, 0.6) is 11.5 Å². The van der Waals surface area contributed by atoms with Crippen LogP contribution in [-0.2, 0) is 6.42 Å². The molecule has 0 radical (unpaired) electrons. The van der Waals surface area contributed by atoms with Crippen molar-refractivity contribution in [3.05, 3.63) is 53.1 Å². The third kappa shape index (κ3) is 5.99. The summed E-state index contributed by atoms with van der Waals surface area (Å²) in [7, 11) is 4.73. The summed E-state index contributed by atoms with van der Waals surface area (Å²) >= 11 is 0. The van der Waals surface area contributed by atoms with Gasteiger partial charge in [0.2, 0.25) is 0 Å². The molecule has 2 aromatic rings. The summed E-state index contributed by atoms with van der Waals surface area (Å²) < 4.78 is 11.0. The number of hydrogen-bond donors (Lipinski definition) is 4. The van der Waals surface area contributed by atoms with Gasteiger partial charge in [0.15, 0.2) is 11.5 Å². The van der Waals surface area contributed by atoms with Crippen molar-refractivity contribution in [3.8, 4) is 11.5 Å². The smallest absolute Gasteiger partial charge is 0.314 e. The fourth-order valence-corrected chi connectivity index (χ4v) is 4.24. The summed E-state index contributed by atoms with van der Waals surface area (Å²) in [6.07, 6.45) is 2.00. The summed E-state index contributed by atoms with van der Waals surface area (Å²) in [4.78, 5) is 14.0. The van der Waals surface area contributed by atoms with Crippen LogP contribution >= 0.6 is 0 Å². The van der Waals surface area contributed by atoms with Crippen LogP contribution in [-0.4, -0.2) is 62.8 Å². The van der Waals surface area contributed by atoms with Gasteiger partial charge in [0.05, 0.1) is 25.5 Å². The molecule has 184 valence electrons. The molecule has 0 aliphatic carbocycles. The Morgan fingerprint density at radius 3 is 2.29 bits per heavy atom. The molecule has 1 atom stereocenters. The molecule has 8 heteroatoms. The standard InChI is InChI=1S/C26H36N4O4/c1-17(29-25(31)28-3)14-19-15-22(33-4)23(34-5)16-21(19)24(27)18-6-8-20(9-7-18)30-12-10-26(2,32)11-13-30/h6-9,15-17,27,32H,10-14H2,1-5H3,(H2,28,29,31). The first-order valence-electron chi connectivity index (χ1n) is 11.6. The highest BCUT2D eigenvalue weighted by Crippen LogP contribution is 2.33. The number of ether oxygens (including phenoxy) is 2. The van der Waals surface area contributed by atoms with E-state index in [4.69, 9.17) is 14.9 Å². The van der Waals surface area contributed by atoms with Crippen LogP contribution in [0.15, 0.2) is 36.4 Å². The van der Waals surface area contributed by atoms with Crippen LogP contribution in [0.25, 0.3) is 0 Å². The first-order chi connectivity index (χ1) is 16.2. The van der Waals surface area contributed by atoms with Crippen LogP contribution in [0.2, 0.25) is 0 Å². The number of aliphatic hydroxyl groups is 1. The second-order valence-corrected chi connectivity index (χ2v) is 9.10. The summed E-state index contributed by atoms with van der Waals surface area (Å²) in [6.45, 7) is 5.42. The number of urea groups is 1. The molecule has 1 aliphatic rings. The van der Waals surface area contributed by atoms with Crippen LogP contribution < -0.4 is 25.0 Å². The molecule has 1 fully saturated rings. The maximum atomic E-state index is 11.7. The number of rotatable bonds is 8. The minimum Gasteiger partial charge on any atom is -0.493 e. The molecule has 1 heterocycles. The number of methoxy groups -OCH3 is 2. The number of piperidine rings is 1. The van der Waals surface area contributed by atoms with Gasteiger partial charge in [-0.3, -0.25) is 5.41 Å². The maximum absolute atomic E-state index is 11.7. The monoisotopic (exact) mass is 468 g/mol. The van der Waals surface area contributed by atoms with Gasteiger partial charge in [-0.05, 0) is 62.9 Å². The van der Waals surface area contributed by atoms with Crippen molar-refractivity contribution >= 4 is 17.4 Å². The Hall–Kier alpha value is -3.26. The lowest BCUT2D eigenvalue weighted by molar-refractivity contribution is 0.0351. The number of hydrogen-bond acceptors (Lipinski definition) is 6. The molecule has 8 nitrogen and oxygen atoms in total. The molecule has 3 rings (SSSR count). The van der Waals surface area contributed by atoms with Crippen molar-refractivity contribution in [2.75, 3.05) is 39.3 Å². The van der Waals surface area contributed by atoms with Gasteiger partial charge in [-0.25, -0.2) is 4.79 Å². The number of amides is 2. The normalized spacial score (nSPS) is 15.9. The SMILES string of the molecule is CNC(=O)NC(C)Cc1cc(OC)c(OC)cc1C(=N)c1ccc(N2CCC(C)(O)CC2)cc1. The largest absolute Gasteiger partial charge is 0.493 e. The van der Waals surface area contributed by atoms with Crippen molar-refractivity contribution in [1.29, 1.82) is 5.41 Å². The molecule has 2 aromatic carbocycles. The van der Waals surface area contributed by atoms with Crippen LogP contribution in [0.1, 0.15) is 43.4 Å². The Balaban J connectivity index is 1.86. The molecule has 0 saturated carbocycles. The molecule has 4 N–H and O–H groups in total. The molecule has 1 aliphatic heterocycles. The quantitative estimate of drug-likeness (QED) is 0.445. The van der Waals surface area contributed by atoms with Gasteiger partial charge in [-0.1, -0.05) is 12.1 Å². The van der Waals surface area contributed by atoms with Gasteiger partial charge in [0, 0.05) is 43.0 Å². The minimum absolute atomic E-state index is 0.150. The second-order valence-electron chi connectivity index (χ2n) is 9.10. The number of nitrogens with zero attached hydrogens (tertiary/aromatic N) is 1. The fourth-order valence-electron chi connectivity index (χ4n) is 4.24. The van der Waals surface area contributed by atoms with Gasteiger partial charge in [0.25, 0.3) is 0 Å². The lowest BCUT2D eigenvalue weighted by Gasteiger charge is -2.37. The Kier molecular flexibility index (Phi) is 8.04. The fraction of sp³-hybridized carbons (Fsp3) is 0.462. The van der Waals surface area contributed by atoms with Crippen LogP contribution in [0, 0.1) is 5.41 Å². The van der Waals surface area contributed by atoms with Crippen molar-refractivity contribution < 1.29 is 19.4 Å². The van der Waals surface area contributed by atoms with Crippen LogP contribution in [0.3, 0.4) is 0 Å². The van der Waals surface area contributed by atoms with E-state index >= 15 is 0 Å². The van der Waals surface area contributed by atoms with Crippen molar-refractivity contribution in [1.82, 2.24) is 10.6 Å². The molecule has 0 bridgehead atoms. The van der Waals surface area contributed by atoms with E-state index in [2.05, 4.69) is 15.5 Å². The van der Waals surface area contributed by atoms with Gasteiger partial charge in [0.1, 0.15) is 0 Å². The summed E-state index contributed by atoms with van der Waals surface area (Å²) in [5, 5.41) is 24.6. The third-order valence-electron chi connectivity index (χ3n) is 6.37. The zero-order valence-corrected chi connectivity index (χ0v) is 20.7. The van der Waals surface area contributed by atoms with E-state index in [0.29, 0.717) is 23.6 Å². The zero-order valence-electron chi connectivity index (χ0n) is 20.7. The summed E-state index contributed by atoms with van der Waals surface area (Å²) in [5.41, 5.74) is 3.26. The van der Waals surface area contributed by atoms with E-state index in [9.17, 15) is 9.90 Å². The number of carbonyl (C=O) groups is 1. The highest BCUT2D eigenvalue weighted by Gasteiger charge is 2.27. The number of nitrogens with one attached hydrogen (secondary N) is 3. The van der Waals surface area contributed by atoms with E-state index in [1.165, 1.54) is 0 Å². The van der Waals surface area contributed by atoms with E-state index in [1.807, 2.05) is 50.2 Å². The summed E-state index contributed by atoms with van der Waals surface area (Å²) in [5.74, 6) is 1.13. The zero-order chi connectivity index (χ0) is 24.9.